The number of ether oxygens (including phenoxy) is 3. The lowest BCUT2D eigenvalue weighted by atomic mass is 10.2. The molecule has 2 aromatic heterocycles. The molecule has 8 nitrogen and oxygen atoms in total. The summed E-state index contributed by atoms with van der Waals surface area (Å²) in [6.07, 6.45) is 1.35. The van der Waals surface area contributed by atoms with Crippen LogP contribution in [0.25, 0.3) is 10.6 Å². The zero-order valence-electron chi connectivity index (χ0n) is 12.7. The second-order valence-electron chi connectivity index (χ2n) is 5.08. The van der Waals surface area contributed by atoms with Crippen LogP contribution in [0.5, 0.6) is 17.2 Å². The fourth-order valence-electron chi connectivity index (χ4n) is 2.32. The topological polar surface area (TPSA) is 96.6 Å². The molecule has 0 atom stereocenters. The van der Waals surface area contributed by atoms with Gasteiger partial charge in [-0.2, -0.15) is 0 Å². The molecule has 9 heteroatoms. The molecule has 0 spiro atoms. The Morgan fingerprint density at radius 3 is 3.04 bits per heavy atom. The second kappa shape index (κ2) is 6.36. The second-order valence-corrected chi connectivity index (χ2v) is 5.94. The van der Waals surface area contributed by atoms with E-state index in [4.69, 9.17) is 14.2 Å². The minimum atomic E-state index is -0.575. The van der Waals surface area contributed by atoms with Gasteiger partial charge < -0.3 is 24.3 Å². The lowest BCUT2D eigenvalue weighted by Gasteiger charge is -2.04. The number of benzene rings is 1. The maximum Gasteiger partial charge on any atom is 0.406 e. The summed E-state index contributed by atoms with van der Waals surface area (Å²) < 4.78 is 16.2. The molecule has 0 amide bonds. The Morgan fingerprint density at radius 2 is 2.16 bits per heavy atom. The Balaban J connectivity index is 1.50. The minimum Gasteiger partial charge on any atom is -0.479 e. The summed E-state index contributed by atoms with van der Waals surface area (Å²) in [6, 6.07) is 8.71. The third-order valence-corrected chi connectivity index (χ3v) is 4.41. The van der Waals surface area contributed by atoms with Crippen LogP contribution in [-0.4, -0.2) is 21.7 Å². The monoisotopic (exact) mass is 357 g/mol. The van der Waals surface area contributed by atoms with Gasteiger partial charge in [0.05, 0.1) is 5.69 Å². The Labute approximate surface area is 145 Å². The van der Waals surface area contributed by atoms with Crippen LogP contribution in [-0.2, 0) is 6.61 Å². The first-order valence-electron chi connectivity index (χ1n) is 7.27. The van der Waals surface area contributed by atoms with Gasteiger partial charge in [0.2, 0.25) is 12.5 Å². The summed E-state index contributed by atoms with van der Waals surface area (Å²) >= 11 is 1.46. The number of nitrogens with zero attached hydrogens (tertiary/aromatic N) is 3. The van der Waals surface area contributed by atoms with Crippen molar-refractivity contribution < 1.29 is 19.1 Å². The predicted octanol–water partition coefficient (Wildman–Crippen LogP) is 3.42. The molecule has 3 aromatic rings. The van der Waals surface area contributed by atoms with Crippen LogP contribution in [0.3, 0.4) is 0 Å². The molecular weight excluding hydrogens is 346 g/mol. The average molecular weight is 357 g/mol. The Kier molecular flexibility index (Phi) is 3.90. The zero-order chi connectivity index (χ0) is 17.2. The SMILES string of the molecule is O=[N+]([O-])c1ncccc1OCc1csc(-c2ccc3c(c2)OCO3)n1. The highest BCUT2D eigenvalue weighted by molar-refractivity contribution is 7.13. The Morgan fingerprint density at radius 1 is 1.28 bits per heavy atom. The van der Waals surface area contributed by atoms with Crippen molar-refractivity contribution in [3.63, 3.8) is 0 Å². The molecule has 0 bridgehead atoms. The zero-order valence-corrected chi connectivity index (χ0v) is 13.6. The average Bonchev–Trinajstić information content (AvgIpc) is 3.28. The highest BCUT2D eigenvalue weighted by atomic mass is 32.1. The molecule has 0 aliphatic carbocycles. The van der Waals surface area contributed by atoms with Crippen molar-refractivity contribution in [1.82, 2.24) is 9.97 Å². The van der Waals surface area contributed by atoms with Crippen LogP contribution in [0.2, 0.25) is 0 Å². The molecule has 0 unspecified atom stereocenters. The minimum absolute atomic E-state index is 0.116. The third-order valence-electron chi connectivity index (χ3n) is 3.47. The van der Waals surface area contributed by atoms with Crippen LogP contribution in [0.1, 0.15) is 5.69 Å². The van der Waals surface area contributed by atoms with Crippen LogP contribution >= 0.6 is 11.3 Å². The first kappa shape index (κ1) is 15.3. The van der Waals surface area contributed by atoms with E-state index in [2.05, 4.69) is 9.97 Å². The molecule has 0 N–H and O–H groups in total. The summed E-state index contributed by atoms with van der Waals surface area (Å²) in [6.45, 7) is 0.340. The smallest absolute Gasteiger partial charge is 0.406 e. The number of hydrogen-bond donors (Lipinski definition) is 0. The van der Waals surface area contributed by atoms with E-state index in [1.54, 1.807) is 6.07 Å². The summed E-state index contributed by atoms with van der Waals surface area (Å²) in [7, 11) is 0. The molecule has 1 aromatic carbocycles. The molecule has 1 aliphatic rings. The van der Waals surface area contributed by atoms with Gasteiger partial charge in [-0.1, -0.05) is 0 Å². The van der Waals surface area contributed by atoms with Gasteiger partial charge in [0.15, 0.2) is 11.5 Å². The maximum absolute atomic E-state index is 10.9. The highest BCUT2D eigenvalue weighted by Gasteiger charge is 2.17. The van der Waals surface area contributed by atoms with Gasteiger partial charge in [-0.05, 0) is 40.2 Å². The van der Waals surface area contributed by atoms with Gasteiger partial charge in [0, 0.05) is 10.9 Å². The lowest BCUT2D eigenvalue weighted by molar-refractivity contribution is -0.390. The van der Waals surface area contributed by atoms with E-state index in [-0.39, 0.29) is 25.0 Å². The normalized spacial score (nSPS) is 12.2. The molecule has 4 rings (SSSR count). The first-order valence-corrected chi connectivity index (χ1v) is 8.15. The molecule has 0 saturated carbocycles. The summed E-state index contributed by atoms with van der Waals surface area (Å²) in [4.78, 5) is 18.6. The Bertz CT molecular complexity index is 943. The van der Waals surface area contributed by atoms with Gasteiger partial charge in [-0.3, -0.25) is 0 Å². The molecule has 0 radical (unpaired) electrons. The molecule has 126 valence electrons. The van der Waals surface area contributed by atoms with Crippen LogP contribution in [0.15, 0.2) is 41.9 Å². The van der Waals surface area contributed by atoms with Crippen molar-refractivity contribution in [1.29, 1.82) is 0 Å². The van der Waals surface area contributed by atoms with Gasteiger partial charge in [-0.25, -0.2) is 4.98 Å². The van der Waals surface area contributed by atoms with Crippen LogP contribution in [0.4, 0.5) is 5.82 Å². The van der Waals surface area contributed by atoms with Crippen molar-refractivity contribution in [2.45, 2.75) is 6.61 Å². The molecular formula is C16H11N3O5S. The molecule has 1 aliphatic heterocycles. The molecule has 0 saturated heterocycles. The predicted molar refractivity (Wildman–Crippen MR) is 88.9 cm³/mol. The number of hydrogen-bond acceptors (Lipinski definition) is 8. The maximum atomic E-state index is 10.9. The molecule has 3 heterocycles. The number of thiazole rings is 1. The van der Waals surface area contributed by atoms with Crippen molar-refractivity contribution in [2.75, 3.05) is 6.79 Å². The van der Waals surface area contributed by atoms with Crippen LogP contribution < -0.4 is 14.2 Å². The van der Waals surface area contributed by atoms with Crippen molar-refractivity contribution >= 4 is 17.2 Å². The van der Waals surface area contributed by atoms with Crippen molar-refractivity contribution in [3.8, 4) is 27.8 Å². The summed E-state index contributed by atoms with van der Waals surface area (Å²) in [5.74, 6) is 1.21. The number of fused-ring (bicyclic) bond motifs is 1. The summed E-state index contributed by atoms with van der Waals surface area (Å²) in [5, 5.41) is 13.6. The number of rotatable bonds is 5. The van der Waals surface area contributed by atoms with E-state index in [1.165, 1.54) is 23.6 Å². The van der Waals surface area contributed by atoms with Crippen molar-refractivity contribution in [3.05, 3.63) is 57.7 Å². The number of aromatic nitrogens is 2. The number of pyridine rings is 1. The van der Waals surface area contributed by atoms with Gasteiger partial charge in [-0.15, -0.1) is 11.3 Å². The van der Waals surface area contributed by atoms with E-state index in [0.717, 1.165) is 10.6 Å². The molecule has 25 heavy (non-hydrogen) atoms. The van der Waals surface area contributed by atoms with Crippen molar-refractivity contribution in [2.24, 2.45) is 0 Å². The van der Waals surface area contributed by atoms with Gasteiger partial charge in [0.1, 0.15) is 17.8 Å². The quantitative estimate of drug-likeness (QED) is 0.510. The third kappa shape index (κ3) is 3.09. The summed E-state index contributed by atoms with van der Waals surface area (Å²) in [5.41, 5.74) is 1.59. The molecule has 0 fully saturated rings. The van der Waals surface area contributed by atoms with E-state index in [9.17, 15) is 10.1 Å². The Hall–Kier alpha value is -3.20. The fraction of sp³-hybridized carbons (Fsp3) is 0.125. The van der Waals surface area contributed by atoms with Gasteiger partial charge in [0.25, 0.3) is 0 Å². The lowest BCUT2D eigenvalue weighted by Crippen LogP contribution is -2.00. The van der Waals surface area contributed by atoms with E-state index >= 15 is 0 Å². The van der Waals surface area contributed by atoms with Crippen LogP contribution in [0, 0.1) is 10.1 Å². The van der Waals surface area contributed by atoms with E-state index in [1.807, 2.05) is 23.6 Å². The van der Waals surface area contributed by atoms with Gasteiger partial charge >= 0.3 is 5.82 Å². The number of nitro groups is 1. The highest BCUT2D eigenvalue weighted by Crippen LogP contribution is 2.36. The fourth-order valence-corrected chi connectivity index (χ4v) is 3.12. The van der Waals surface area contributed by atoms with E-state index < -0.39 is 4.92 Å². The first-order chi connectivity index (χ1) is 12.2. The van der Waals surface area contributed by atoms with E-state index in [0.29, 0.717) is 17.2 Å². The standard InChI is InChI=1S/C16H11N3O5S/c20-19(21)15-13(2-1-5-17-15)22-7-11-8-25-16(18-11)10-3-4-12-14(6-10)24-9-23-12/h1-6,8H,7,9H2. The largest absolute Gasteiger partial charge is 0.479 e.